The van der Waals surface area contributed by atoms with Crippen LogP contribution < -0.4 is 0 Å². The fraction of sp³-hybridized carbons (Fsp3) is 0.667. The number of hydrogen-bond acceptors (Lipinski definition) is 3. The first-order chi connectivity index (χ1) is 8.45. The maximum Gasteiger partial charge on any atom is 0.201 e. The van der Waals surface area contributed by atoms with Crippen molar-refractivity contribution in [2.75, 3.05) is 0 Å². The van der Waals surface area contributed by atoms with Crippen molar-refractivity contribution < 1.29 is 14.3 Å². The fourth-order valence-corrected chi connectivity index (χ4v) is 3.82. The lowest BCUT2D eigenvalue weighted by atomic mass is 9.54. The lowest BCUT2D eigenvalue weighted by Crippen LogP contribution is -2.51. The summed E-state index contributed by atoms with van der Waals surface area (Å²) in [6.07, 6.45) is 3.75. The van der Waals surface area contributed by atoms with Crippen LogP contribution in [0.5, 0.6) is 0 Å². The molecule has 1 fully saturated rings. The largest absolute Gasteiger partial charge is 0.461 e. The van der Waals surface area contributed by atoms with Crippen LogP contribution in [0.3, 0.4) is 0 Å². The molecule has 18 heavy (non-hydrogen) atoms. The average molecular weight is 248 g/mol. The number of aliphatic hydroxyl groups is 1. The highest BCUT2D eigenvalue weighted by atomic mass is 16.3. The number of aryl methyl sites for hydroxylation is 1. The van der Waals surface area contributed by atoms with Gasteiger partial charge in [0.15, 0.2) is 5.76 Å². The van der Waals surface area contributed by atoms with Gasteiger partial charge in [0.05, 0.1) is 12.4 Å². The highest BCUT2D eigenvalue weighted by molar-refractivity contribution is 5.98. The van der Waals surface area contributed by atoms with Crippen LogP contribution in [-0.4, -0.2) is 17.0 Å². The van der Waals surface area contributed by atoms with Crippen LogP contribution in [0.1, 0.15) is 48.4 Å². The van der Waals surface area contributed by atoms with Gasteiger partial charge in [0.2, 0.25) is 5.78 Å². The molecule has 2 aliphatic carbocycles. The van der Waals surface area contributed by atoms with Crippen LogP contribution in [0.25, 0.3) is 0 Å². The van der Waals surface area contributed by atoms with Gasteiger partial charge in [0, 0.05) is 11.5 Å². The number of carbonyl (C=O) groups is 1. The van der Waals surface area contributed by atoms with E-state index in [2.05, 4.69) is 13.8 Å². The molecule has 3 nitrogen and oxygen atoms in total. The molecule has 0 radical (unpaired) electrons. The van der Waals surface area contributed by atoms with Crippen molar-refractivity contribution in [3.05, 3.63) is 23.2 Å². The third-order valence-electron chi connectivity index (χ3n) is 5.37. The minimum Gasteiger partial charge on any atom is -0.461 e. The Morgan fingerprint density at radius 3 is 2.89 bits per heavy atom. The lowest BCUT2D eigenvalue weighted by molar-refractivity contribution is -0.0427. The number of fused-ring (bicyclic) bond motifs is 2. The van der Waals surface area contributed by atoms with Gasteiger partial charge in [-0.05, 0) is 43.1 Å². The summed E-state index contributed by atoms with van der Waals surface area (Å²) in [6.45, 7) is 6.21. The molecule has 1 saturated carbocycles. The number of rotatable bonds is 0. The van der Waals surface area contributed by atoms with Gasteiger partial charge in [-0.25, -0.2) is 0 Å². The topological polar surface area (TPSA) is 50.4 Å². The minimum absolute atomic E-state index is 0.00829. The first-order valence-electron chi connectivity index (χ1n) is 6.74. The van der Waals surface area contributed by atoms with Crippen LogP contribution in [-0.2, 0) is 6.42 Å². The number of furan rings is 1. The molecule has 0 aliphatic heterocycles. The second kappa shape index (κ2) is 3.70. The summed E-state index contributed by atoms with van der Waals surface area (Å²) in [5.74, 6) is 0.876. The Hall–Kier alpha value is -1.09. The van der Waals surface area contributed by atoms with Gasteiger partial charge in [0.1, 0.15) is 0 Å². The first-order valence-corrected chi connectivity index (χ1v) is 6.74. The molecule has 0 amide bonds. The van der Waals surface area contributed by atoms with E-state index in [9.17, 15) is 9.90 Å². The predicted molar refractivity (Wildman–Crippen MR) is 67.5 cm³/mol. The Kier molecular flexibility index (Phi) is 2.46. The van der Waals surface area contributed by atoms with Crippen LogP contribution >= 0.6 is 0 Å². The summed E-state index contributed by atoms with van der Waals surface area (Å²) in [6, 6.07) is 0. The van der Waals surface area contributed by atoms with Crippen molar-refractivity contribution in [1.82, 2.24) is 0 Å². The van der Waals surface area contributed by atoms with Gasteiger partial charge in [0.25, 0.3) is 0 Å². The number of ketones is 1. The van der Waals surface area contributed by atoms with E-state index in [1.165, 1.54) is 0 Å². The van der Waals surface area contributed by atoms with Gasteiger partial charge in [-0.2, -0.15) is 0 Å². The second-order valence-electron chi connectivity index (χ2n) is 6.26. The van der Waals surface area contributed by atoms with E-state index in [1.807, 2.05) is 6.92 Å². The van der Waals surface area contributed by atoms with Crippen molar-refractivity contribution in [2.24, 2.45) is 17.3 Å². The minimum atomic E-state index is -0.284. The Bertz CT molecular complexity index is 502. The summed E-state index contributed by atoms with van der Waals surface area (Å²) in [4.78, 5) is 12.5. The van der Waals surface area contributed by atoms with E-state index >= 15 is 0 Å². The van der Waals surface area contributed by atoms with Gasteiger partial charge in [-0.15, -0.1) is 0 Å². The van der Waals surface area contributed by atoms with Gasteiger partial charge >= 0.3 is 0 Å². The van der Waals surface area contributed by atoms with Crippen LogP contribution in [0, 0.1) is 24.2 Å². The molecule has 1 heterocycles. The number of carbonyl (C=O) groups excluding carboxylic acids is 1. The van der Waals surface area contributed by atoms with Crippen molar-refractivity contribution in [3.63, 3.8) is 0 Å². The highest BCUT2D eigenvalue weighted by Gasteiger charge is 2.53. The molecule has 3 heteroatoms. The third-order valence-corrected chi connectivity index (χ3v) is 5.37. The zero-order chi connectivity index (χ0) is 13.1. The molecule has 0 spiro atoms. The maximum absolute atomic E-state index is 12.5. The zero-order valence-corrected chi connectivity index (χ0v) is 11.2. The summed E-state index contributed by atoms with van der Waals surface area (Å²) in [7, 11) is 0. The second-order valence-corrected chi connectivity index (χ2v) is 6.26. The average Bonchev–Trinajstić information content (AvgIpc) is 2.68. The standard InChI is InChI=1S/C15H20O3/c1-8-7-18-14-10(8)6-15(3)9(2)12(16)5-4-11(15)13(14)17/h7,9,11-12,16H,4-6H2,1-3H3/t9-,11-,12+,15+/m0/s1. The summed E-state index contributed by atoms with van der Waals surface area (Å²) in [5, 5.41) is 10.1. The lowest BCUT2D eigenvalue weighted by Gasteiger charge is -2.49. The van der Waals surface area contributed by atoms with Crippen LogP contribution in [0.2, 0.25) is 0 Å². The summed E-state index contributed by atoms with van der Waals surface area (Å²) < 4.78 is 5.44. The third kappa shape index (κ3) is 1.37. The quantitative estimate of drug-likeness (QED) is 0.768. The molecule has 0 aromatic carbocycles. The van der Waals surface area contributed by atoms with E-state index < -0.39 is 0 Å². The van der Waals surface area contributed by atoms with Crippen molar-refractivity contribution in [2.45, 2.75) is 46.1 Å². The van der Waals surface area contributed by atoms with E-state index in [-0.39, 0.29) is 29.1 Å². The Labute approximate surface area is 107 Å². The Balaban J connectivity index is 2.10. The van der Waals surface area contributed by atoms with Crippen LogP contribution in [0.4, 0.5) is 0 Å². The first kappa shape index (κ1) is 12.0. The summed E-state index contributed by atoms with van der Waals surface area (Å²) in [5.41, 5.74) is 1.99. The SMILES string of the molecule is Cc1coc2c1C[C@@]1(C)[C@@H](CC[C@@H](O)[C@@H]1C)C2=O. The molecule has 1 aromatic rings. The normalized spacial score (nSPS) is 39.3. The van der Waals surface area contributed by atoms with E-state index in [0.717, 1.165) is 30.4 Å². The molecule has 1 aromatic heterocycles. The van der Waals surface area contributed by atoms with Gasteiger partial charge in [-0.3, -0.25) is 4.79 Å². The van der Waals surface area contributed by atoms with Crippen molar-refractivity contribution in [3.8, 4) is 0 Å². The number of hydrogen-bond donors (Lipinski definition) is 1. The highest BCUT2D eigenvalue weighted by Crippen LogP contribution is 2.52. The molecule has 0 unspecified atom stereocenters. The maximum atomic E-state index is 12.5. The molecule has 4 atom stereocenters. The Morgan fingerprint density at radius 2 is 2.17 bits per heavy atom. The predicted octanol–water partition coefficient (Wildman–Crippen LogP) is 2.74. The van der Waals surface area contributed by atoms with Crippen molar-refractivity contribution >= 4 is 5.78 Å². The van der Waals surface area contributed by atoms with Gasteiger partial charge < -0.3 is 9.52 Å². The molecular weight excluding hydrogens is 228 g/mol. The summed E-state index contributed by atoms with van der Waals surface area (Å²) >= 11 is 0. The number of Topliss-reactive ketones (excluding diaryl/α,β-unsaturated/α-hetero) is 1. The molecule has 2 aliphatic rings. The van der Waals surface area contributed by atoms with Crippen molar-refractivity contribution in [1.29, 1.82) is 0 Å². The molecule has 1 N–H and O–H groups in total. The zero-order valence-electron chi connectivity index (χ0n) is 11.2. The molecule has 0 bridgehead atoms. The molecule has 0 saturated heterocycles. The van der Waals surface area contributed by atoms with E-state index in [4.69, 9.17) is 4.42 Å². The number of aliphatic hydroxyl groups excluding tert-OH is 1. The van der Waals surface area contributed by atoms with E-state index in [0.29, 0.717) is 5.76 Å². The monoisotopic (exact) mass is 248 g/mol. The molecule has 98 valence electrons. The van der Waals surface area contributed by atoms with Crippen LogP contribution in [0.15, 0.2) is 10.7 Å². The van der Waals surface area contributed by atoms with E-state index in [1.54, 1.807) is 6.26 Å². The smallest absolute Gasteiger partial charge is 0.201 e. The molecular formula is C15H20O3. The van der Waals surface area contributed by atoms with Gasteiger partial charge in [-0.1, -0.05) is 13.8 Å². The molecule has 3 rings (SSSR count). The fourth-order valence-electron chi connectivity index (χ4n) is 3.82. The Morgan fingerprint density at radius 1 is 1.44 bits per heavy atom.